The van der Waals surface area contributed by atoms with Gasteiger partial charge >= 0.3 is 5.97 Å². The standard InChI is InChI=1S/C16H23NO2/c1-12-7-6-8-13(11-12)15(16(18)19-2)17-14-9-4-3-5-10-14/h3-5,9-10,12-13,15,17H,6-8,11H2,1-2H3. The van der Waals surface area contributed by atoms with Crippen LogP contribution in [0.25, 0.3) is 0 Å². The zero-order chi connectivity index (χ0) is 13.7. The number of methoxy groups -OCH3 is 1. The van der Waals surface area contributed by atoms with Crippen LogP contribution in [0, 0.1) is 11.8 Å². The summed E-state index contributed by atoms with van der Waals surface area (Å²) in [6.07, 6.45) is 4.68. The van der Waals surface area contributed by atoms with Gasteiger partial charge in [-0.25, -0.2) is 4.79 Å². The Hall–Kier alpha value is -1.51. The third-order valence-corrected chi connectivity index (χ3v) is 4.00. The number of para-hydroxylation sites is 1. The van der Waals surface area contributed by atoms with E-state index < -0.39 is 0 Å². The van der Waals surface area contributed by atoms with Crippen molar-refractivity contribution in [1.82, 2.24) is 0 Å². The molecule has 3 nitrogen and oxygen atoms in total. The van der Waals surface area contributed by atoms with E-state index in [-0.39, 0.29) is 12.0 Å². The van der Waals surface area contributed by atoms with Gasteiger partial charge in [0, 0.05) is 5.69 Å². The molecule has 3 heteroatoms. The number of carbonyl (C=O) groups excluding carboxylic acids is 1. The van der Waals surface area contributed by atoms with Crippen LogP contribution in [0.2, 0.25) is 0 Å². The van der Waals surface area contributed by atoms with E-state index in [4.69, 9.17) is 4.74 Å². The Bertz CT molecular complexity index is 404. The van der Waals surface area contributed by atoms with Crippen LogP contribution in [-0.4, -0.2) is 19.1 Å². The van der Waals surface area contributed by atoms with Crippen LogP contribution >= 0.6 is 0 Å². The van der Waals surface area contributed by atoms with Crippen LogP contribution in [0.4, 0.5) is 5.69 Å². The fourth-order valence-electron chi connectivity index (χ4n) is 2.99. The molecule has 1 N–H and O–H groups in total. The number of hydrogen-bond donors (Lipinski definition) is 1. The minimum atomic E-state index is -0.227. The van der Waals surface area contributed by atoms with E-state index in [1.807, 2.05) is 30.3 Å². The van der Waals surface area contributed by atoms with Gasteiger partial charge in [0.05, 0.1) is 7.11 Å². The number of rotatable bonds is 4. The predicted octanol–water partition coefficient (Wildman–Crippen LogP) is 3.47. The quantitative estimate of drug-likeness (QED) is 0.843. The van der Waals surface area contributed by atoms with Crippen molar-refractivity contribution in [2.75, 3.05) is 12.4 Å². The van der Waals surface area contributed by atoms with Gasteiger partial charge in [0.2, 0.25) is 0 Å². The lowest BCUT2D eigenvalue weighted by Gasteiger charge is -2.32. The second-order valence-corrected chi connectivity index (χ2v) is 5.54. The Morgan fingerprint density at radius 1 is 1.32 bits per heavy atom. The summed E-state index contributed by atoms with van der Waals surface area (Å²) in [5.74, 6) is 0.919. The molecule has 104 valence electrons. The molecule has 0 amide bonds. The molecule has 2 rings (SSSR count). The van der Waals surface area contributed by atoms with Gasteiger partial charge in [-0.1, -0.05) is 38.0 Å². The van der Waals surface area contributed by atoms with Crippen molar-refractivity contribution < 1.29 is 9.53 Å². The van der Waals surface area contributed by atoms with E-state index in [9.17, 15) is 4.79 Å². The van der Waals surface area contributed by atoms with Gasteiger partial charge in [-0.15, -0.1) is 0 Å². The summed E-state index contributed by atoms with van der Waals surface area (Å²) in [5, 5.41) is 3.35. The highest BCUT2D eigenvalue weighted by atomic mass is 16.5. The lowest BCUT2D eigenvalue weighted by atomic mass is 9.78. The summed E-state index contributed by atoms with van der Waals surface area (Å²) in [6, 6.07) is 9.67. The van der Waals surface area contributed by atoms with Gasteiger partial charge in [-0.3, -0.25) is 0 Å². The molecule has 1 aromatic rings. The van der Waals surface area contributed by atoms with E-state index in [2.05, 4.69) is 12.2 Å². The van der Waals surface area contributed by atoms with E-state index >= 15 is 0 Å². The number of ether oxygens (including phenoxy) is 1. The first-order chi connectivity index (χ1) is 9.20. The smallest absolute Gasteiger partial charge is 0.328 e. The summed E-state index contributed by atoms with van der Waals surface area (Å²) in [6.45, 7) is 2.27. The van der Waals surface area contributed by atoms with Crippen LogP contribution in [0.3, 0.4) is 0 Å². The molecule has 0 aliphatic heterocycles. The molecule has 3 atom stereocenters. The topological polar surface area (TPSA) is 38.3 Å². The SMILES string of the molecule is COC(=O)C(Nc1ccccc1)C1CCCC(C)C1. The fraction of sp³-hybridized carbons (Fsp3) is 0.562. The first kappa shape index (κ1) is 13.9. The average Bonchev–Trinajstić information content (AvgIpc) is 2.45. The molecule has 0 aromatic heterocycles. The van der Waals surface area contributed by atoms with Crippen molar-refractivity contribution in [2.45, 2.75) is 38.6 Å². The lowest BCUT2D eigenvalue weighted by molar-refractivity contribution is -0.143. The van der Waals surface area contributed by atoms with Crippen LogP contribution < -0.4 is 5.32 Å². The second-order valence-electron chi connectivity index (χ2n) is 5.54. The Balaban J connectivity index is 2.09. The Morgan fingerprint density at radius 2 is 2.05 bits per heavy atom. The van der Waals surface area contributed by atoms with Crippen molar-refractivity contribution in [1.29, 1.82) is 0 Å². The Labute approximate surface area is 115 Å². The van der Waals surface area contributed by atoms with Crippen molar-refractivity contribution >= 4 is 11.7 Å². The molecule has 1 aliphatic carbocycles. The normalized spacial score (nSPS) is 24.5. The van der Waals surface area contributed by atoms with Gasteiger partial charge in [-0.2, -0.15) is 0 Å². The van der Waals surface area contributed by atoms with E-state index in [0.717, 1.165) is 18.5 Å². The van der Waals surface area contributed by atoms with Crippen molar-refractivity contribution in [2.24, 2.45) is 11.8 Å². The predicted molar refractivity (Wildman–Crippen MR) is 77.0 cm³/mol. The molecule has 1 saturated carbocycles. The largest absolute Gasteiger partial charge is 0.467 e. The number of carbonyl (C=O) groups is 1. The van der Waals surface area contributed by atoms with Gasteiger partial charge < -0.3 is 10.1 Å². The number of hydrogen-bond acceptors (Lipinski definition) is 3. The molecular weight excluding hydrogens is 238 g/mol. The zero-order valence-corrected chi connectivity index (χ0v) is 11.8. The maximum Gasteiger partial charge on any atom is 0.328 e. The maximum absolute atomic E-state index is 12.0. The zero-order valence-electron chi connectivity index (χ0n) is 11.8. The number of nitrogens with one attached hydrogen (secondary N) is 1. The monoisotopic (exact) mass is 261 g/mol. The highest BCUT2D eigenvalue weighted by molar-refractivity contribution is 5.79. The highest BCUT2D eigenvalue weighted by Gasteiger charge is 2.32. The number of benzene rings is 1. The van der Waals surface area contributed by atoms with Gasteiger partial charge in [0.25, 0.3) is 0 Å². The average molecular weight is 261 g/mol. The van der Waals surface area contributed by atoms with Crippen molar-refractivity contribution in [3.8, 4) is 0 Å². The van der Waals surface area contributed by atoms with E-state index in [0.29, 0.717) is 11.8 Å². The molecule has 0 heterocycles. The number of anilines is 1. The third-order valence-electron chi connectivity index (χ3n) is 4.00. The second kappa shape index (κ2) is 6.60. The van der Waals surface area contributed by atoms with E-state index in [1.54, 1.807) is 0 Å². The first-order valence-electron chi connectivity index (χ1n) is 7.10. The molecule has 1 aliphatic rings. The molecule has 3 unspecified atom stereocenters. The van der Waals surface area contributed by atoms with Crippen LogP contribution in [-0.2, 0) is 9.53 Å². The molecule has 0 bridgehead atoms. The molecule has 19 heavy (non-hydrogen) atoms. The minimum Gasteiger partial charge on any atom is -0.467 e. The maximum atomic E-state index is 12.0. The molecule has 0 radical (unpaired) electrons. The summed E-state index contributed by atoms with van der Waals surface area (Å²) in [7, 11) is 1.47. The van der Waals surface area contributed by atoms with Crippen molar-refractivity contribution in [3.05, 3.63) is 30.3 Å². The molecule has 0 saturated heterocycles. The van der Waals surface area contributed by atoms with Gasteiger partial charge in [-0.05, 0) is 36.8 Å². The van der Waals surface area contributed by atoms with Gasteiger partial charge in [0.1, 0.15) is 6.04 Å². The third kappa shape index (κ3) is 3.72. The first-order valence-corrected chi connectivity index (χ1v) is 7.10. The summed E-state index contributed by atoms with van der Waals surface area (Å²) in [5.41, 5.74) is 0.983. The highest BCUT2D eigenvalue weighted by Crippen LogP contribution is 2.32. The van der Waals surface area contributed by atoms with Crippen LogP contribution in [0.15, 0.2) is 30.3 Å². The van der Waals surface area contributed by atoms with E-state index in [1.165, 1.54) is 20.0 Å². The Kier molecular flexibility index (Phi) is 4.83. The molecule has 1 fully saturated rings. The van der Waals surface area contributed by atoms with Gasteiger partial charge in [0.15, 0.2) is 0 Å². The lowest BCUT2D eigenvalue weighted by Crippen LogP contribution is -2.40. The van der Waals surface area contributed by atoms with Crippen LogP contribution in [0.5, 0.6) is 0 Å². The summed E-state index contributed by atoms with van der Waals surface area (Å²) < 4.78 is 4.97. The summed E-state index contributed by atoms with van der Waals surface area (Å²) >= 11 is 0. The van der Waals surface area contributed by atoms with Crippen molar-refractivity contribution in [3.63, 3.8) is 0 Å². The Morgan fingerprint density at radius 3 is 2.68 bits per heavy atom. The fourth-order valence-corrected chi connectivity index (χ4v) is 2.99. The molecule has 1 aromatic carbocycles. The number of esters is 1. The molecule has 0 spiro atoms. The summed E-state index contributed by atoms with van der Waals surface area (Å²) in [4.78, 5) is 12.0. The molecular formula is C16H23NO2. The van der Waals surface area contributed by atoms with Crippen LogP contribution in [0.1, 0.15) is 32.6 Å². The minimum absolute atomic E-state index is 0.150.